The van der Waals surface area contributed by atoms with Crippen LogP contribution in [0.15, 0.2) is 47.2 Å². The minimum Gasteiger partial charge on any atom is -0.394 e. The van der Waals surface area contributed by atoms with Crippen molar-refractivity contribution in [2.24, 2.45) is 5.92 Å². The van der Waals surface area contributed by atoms with Crippen molar-refractivity contribution in [2.45, 2.75) is 58.5 Å². The molecule has 1 aliphatic rings. The van der Waals surface area contributed by atoms with Gasteiger partial charge in [0.25, 0.3) is 0 Å². The van der Waals surface area contributed by atoms with Crippen LogP contribution in [0.3, 0.4) is 0 Å². The Hall–Kier alpha value is -3.37. The van der Waals surface area contributed by atoms with Crippen molar-refractivity contribution >= 4 is 23.4 Å². The molecular weight excluding hydrogens is 520 g/mol. The molecule has 3 atom stereocenters. The van der Waals surface area contributed by atoms with Gasteiger partial charge in [-0.1, -0.05) is 63.6 Å². The average molecular weight is 559 g/mol. The number of nitrogens with zero attached hydrogens (tertiary/aromatic N) is 5. The van der Waals surface area contributed by atoms with Crippen molar-refractivity contribution in [3.63, 3.8) is 0 Å². The Balaban J connectivity index is 0.00000205. The molecule has 1 aliphatic heterocycles. The van der Waals surface area contributed by atoms with Gasteiger partial charge in [0.05, 0.1) is 18.8 Å². The standard InChI is InChI=1S/C26H33ClN6O4.C2H6/c1-16(2)23(22-14-33(37-22)31(3)4)26(36)32-13-5-6-21(32)25(35)29-20(15-34)18-9-7-17(8-10-18)19-11-12-28-30-24(19)27;1-2/h7-12,14,16,20-21,23,34H,5-6,13,15H2,1-4H3,(H,29,35);1-2H3. The first-order valence-corrected chi connectivity index (χ1v) is 13.7. The lowest BCUT2D eigenvalue weighted by Crippen LogP contribution is -2.49. The van der Waals surface area contributed by atoms with Crippen LogP contribution < -0.4 is 10.3 Å². The Kier molecular flexibility index (Phi) is 10.5. The van der Waals surface area contributed by atoms with Crippen molar-refractivity contribution in [1.82, 2.24) is 25.3 Å². The molecule has 0 spiro atoms. The SMILES string of the molecule is CC.CC(C)C(C(=O)N1CCCC1C(=O)NC(CO)c1ccc(-c2ccnnc2Cl)cc1)c1cn(N(C)C)o1. The molecule has 1 saturated heterocycles. The zero-order valence-corrected chi connectivity index (χ0v) is 24.2. The lowest BCUT2D eigenvalue weighted by atomic mass is 9.91. The summed E-state index contributed by atoms with van der Waals surface area (Å²) in [6, 6.07) is 7.93. The normalized spacial score (nSPS) is 16.4. The number of carbonyl (C=O) groups excluding carboxylic acids is 2. The van der Waals surface area contributed by atoms with Crippen molar-refractivity contribution in [3.8, 4) is 11.1 Å². The molecular formula is C28H39ClN6O4. The minimum atomic E-state index is -0.614. The quantitative estimate of drug-likeness (QED) is 0.408. The molecule has 39 heavy (non-hydrogen) atoms. The predicted octanol–water partition coefficient (Wildman–Crippen LogP) is 4.00. The first-order chi connectivity index (χ1) is 18.7. The summed E-state index contributed by atoms with van der Waals surface area (Å²) < 4.78 is 5.71. The largest absolute Gasteiger partial charge is 0.394 e. The van der Waals surface area contributed by atoms with E-state index in [0.717, 1.165) is 23.1 Å². The second-order valence-corrected chi connectivity index (χ2v) is 10.1. The van der Waals surface area contributed by atoms with Crippen LogP contribution in [0.2, 0.25) is 5.15 Å². The zero-order chi connectivity index (χ0) is 28.7. The summed E-state index contributed by atoms with van der Waals surface area (Å²) in [7, 11) is 3.69. The van der Waals surface area contributed by atoms with Gasteiger partial charge in [0.15, 0.2) is 10.9 Å². The third-order valence-electron chi connectivity index (χ3n) is 6.71. The van der Waals surface area contributed by atoms with E-state index in [-0.39, 0.29) is 24.3 Å². The van der Waals surface area contributed by atoms with Crippen LogP contribution in [0.1, 0.15) is 63.8 Å². The number of amides is 2. The third-order valence-corrected chi connectivity index (χ3v) is 6.99. The highest BCUT2D eigenvalue weighted by molar-refractivity contribution is 6.32. The molecule has 10 nitrogen and oxygen atoms in total. The first-order valence-electron chi connectivity index (χ1n) is 13.4. The average Bonchev–Trinajstić information content (AvgIpc) is 3.40. The molecule has 1 aromatic carbocycles. The third kappa shape index (κ3) is 6.80. The van der Waals surface area contributed by atoms with Crippen LogP contribution in [-0.2, 0) is 9.59 Å². The topological polar surface area (TPSA) is 117 Å². The van der Waals surface area contributed by atoms with E-state index in [1.807, 2.05) is 66.1 Å². The van der Waals surface area contributed by atoms with Gasteiger partial charge in [-0.25, -0.2) is 0 Å². The van der Waals surface area contributed by atoms with Gasteiger partial charge in [-0.15, -0.1) is 9.95 Å². The summed E-state index contributed by atoms with van der Waals surface area (Å²) in [5.74, 6) is -0.278. The Morgan fingerprint density at radius 3 is 2.44 bits per heavy atom. The van der Waals surface area contributed by atoms with Gasteiger partial charge < -0.3 is 19.8 Å². The van der Waals surface area contributed by atoms with Crippen LogP contribution in [0.5, 0.6) is 0 Å². The number of benzene rings is 1. The maximum Gasteiger partial charge on any atom is 0.243 e. The Morgan fingerprint density at radius 1 is 1.21 bits per heavy atom. The van der Waals surface area contributed by atoms with Gasteiger partial charge in [-0.3, -0.25) is 14.6 Å². The molecule has 0 bridgehead atoms. The highest BCUT2D eigenvalue weighted by Crippen LogP contribution is 2.32. The maximum absolute atomic E-state index is 13.6. The lowest BCUT2D eigenvalue weighted by molar-refractivity contribution is -0.141. The number of hydrogen-bond acceptors (Lipinski definition) is 7. The minimum absolute atomic E-state index is 0.000164. The lowest BCUT2D eigenvalue weighted by Gasteiger charge is -2.32. The molecule has 11 heteroatoms. The Labute approximate surface area is 234 Å². The second-order valence-electron chi connectivity index (χ2n) is 9.79. The van der Waals surface area contributed by atoms with E-state index in [1.54, 1.807) is 33.2 Å². The van der Waals surface area contributed by atoms with Crippen LogP contribution in [0, 0.1) is 5.92 Å². The predicted molar refractivity (Wildman–Crippen MR) is 151 cm³/mol. The highest BCUT2D eigenvalue weighted by atomic mass is 35.5. The molecule has 4 rings (SSSR count). The van der Waals surface area contributed by atoms with Crippen LogP contribution in [-0.4, -0.2) is 70.2 Å². The molecule has 2 amide bonds. The molecule has 3 heterocycles. The number of hydrogen-bond donors (Lipinski definition) is 2. The molecule has 2 aromatic heterocycles. The molecule has 1 fully saturated rings. The van der Waals surface area contributed by atoms with Crippen LogP contribution in [0.4, 0.5) is 0 Å². The number of aliphatic hydroxyl groups excluding tert-OH is 1. The van der Waals surface area contributed by atoms with E-state index in [0.29, 0.717) is 23.9 Å². The van der Waals surface area contributed by atoms with Crippen molar-refractivity contribution in [1.29, 1.82) is 0 Å². The Morgan fingerprint density at radius 2 is 1.87 bits per heavy atom. The number of halogens is 1. The first kappa shape index (κ1) is 30.2. The van der Waals surface area contributed by atoms with Gasteiger partial charge >= 0.3 is 0 Å². The summed E-state index contributed by atoms with van der Waals surface area (Å²) in [6.45, 7) is 8.16. The zero-order valence-electron chi connectivity index (χ0n) is 23.5. The fraction of sp³-hybridized carbons (Fsp3) is 0.500. The molecule has 0 radical (unpaired) electrons. The summed E-state index contributed by atoms with van der Waals surface area (Å²) >= 11 is 6.15. The van der Waals surface area contributed by atoms with E-state index in [1.165, 1.54) is 0 Å². The number of carbonyl (C=O) groups is 2. The summed E-state index contributed by atoms with van der Waals surface area (Å²) in [5.41, 5.74) is 2.33. The number of likely N-dealkylation sites (tertiary alicyclic amines) is 1. The summed E-state index contributed by atoms with van der Waals surface area (Å²) in [6.07, 6.45) is 4.67. The van der Waals surface area contributed by atoms with Gasteiger partial charge in [0, 0.05) is 26.2 Å². The number of nitrogens with one attached hydrogen (secondary N) is 1. The van der Waals surface area contributed by atoms with Crippen LogP contribution >= 0.6 is 11.6 Å². The van der Waals surface area contributed by atoms with Crippen molar-refractivity contribution in [2.75, 3.05) is 32.3 Å². The molecule has 0 aliphatic carbocycles. The van der Waals surface area contributed by atoms with Gasteiger partial charge in [0.2, 0.25) is 11.8 Å². The van der Waals surface area contributed by atoms with E-state index in [2.05, 4.69) is 15.5 Å². The molecule has 3 aromatic rings. The Bertz CT molecular complexity index is 1210. The van der Waals surface area contributed by atoms with E-state index in [4.69, 9.17) is 16.1 Å². The fourth-order valence-electron chi connectivity index (χ4n) is 4.70. The van der Waals surface area contributed by atoms with Gasteiger partial charge in [-0.05, 0) is 36.0 Å². The molecule has 212 valence electrons. The maximum atomic E-state index is 13.6. The summed E-state index contributed by atoms with van der Waals surface area (Å²) in [4.78, 5) is 30.1. The van der Waals surface area contributed by atoms with Gasteiger partial charge in [0.1, 0.15) is 18.2 Å². The van der Waals surface area contributed by atoms with Crippen molar-refractivity contribution < 1.29 is 19.2 Å². The van der Waals surface area contributed by atoms with E-state index < -0.39 is 18.0 Å². The monoisotopic (exact) mass is 558 g/mol. The molecule has 3 unspecified atom stereocenters. The number of aliphatic hydroxyl groups is 1. The van der Waals surface area contributed by atoms with Crippen LogP contribution in [0.25, 0.3) is 11.1 Å². The van der Waals surface area contributed by atoms with Gasteiger partial charge in [-0.2, -0.15) is 5.10 Å². The summed E-state index contributed by atoms with van der Waals surface area (Å²) in [5, 5.41) is 22.7. The van der Waals surface area contributed by atoms with Crippen molar-refractivity contribution in [3.05, 3.63) is 59.2 Å². The highest BCUT2D eigenvalue weighted by Gasteiger charge is 2.41. The second kappa shape index (κ2) is 13.6. The fourth-order valence-corrected chi connectivity index (χ4v) is 4.91. The molecule has 0 saturated carbocycles. The number of aromatic nitrogens is 3. The molecule has 2 N–H and O–H groups in total. The number of rotatable bonds is 9. The van der Waals surface area contributed by atoms with E-state index in [9.17, 15) is 14.7 Å². The smallest absolute Gasteiger partial charge is 0.243 e. The van der Waals surface area contributed by atoms with E-state index >= 15 is 0 Å².